The highest BCUT2D eigenvalue weighted by molar-refractivity contribution is 5.95. The number of methoxy groups -OCH3 is 1. The zero-order chi connectivity index (χ0) is 23.7. The molecule has 0 bridgehead atoms. The number of hydrogen-bond donors (Lipinski definition) is 2. The van der Waals surface area contributed by atoms with E-state index in [2.05, 4.69) is 10.6 Å². The molecule has 1 unspecified atom stereocenters. The first-order chi connectivity index (χ1) is 15.4. The number of nitro groups is 1. The van der Waals surface area contributed by atoms with Crippen molar-refractivity contribution in [1.82, 2.24) is 10.6 Å². The van der Waals surface area contributed by atoms with Crippen LogP contribution in [0.3, 0.4) is 0 Å². The Kier molecular flexibility index (Phi) is 9.30. The van der Waals surface area contributed by atoms with Crippen LogP contribution in [0.25, 0.3) is 0 Å². The first kappa shape index (κ1) is 25.0. The number of nitrogens with one attached hydrogen (secondary N) is 2. The summed E-state index contributed by atoms with van der Waals surface area (Å²) in [6, 6.07) is 1.40. The number of nitro benzene ring substituents is 1. The molecule has 0 saturated heterocycles. The van der Waals surface area contributed by atoms with Crippen LogP contribution >= 0.6 is 0 Å². The number of hydrogen-bond acceptors (Lipinski definition) is 7. The molecule has 2 amide bonds. The number of urea groups is 1. The Labute approximate surface area is 187 Å². The third-order valence-electron chi connectivity index (χ3n) is 4.95. The summed E-state index contributed by atoms with van der Waals surface area (Å²) in [6.07, 6.45) is 3.79. The predicted molar refractivity (Wildman–Crippen MR) is 118 cm³/mol. The molecule has 1 heterocycles. The van der Waals surface area contributed by atoms with Gasteiger partial charge < -0.3 is 24.8 Å². The molecule has 2 rings (SSSR count). The zero-order valence-corrected chi connectivity index (χ0v) is 19.0. The summed E-state index contributed by atoms with van der Waals surface area (Å²) in [5, 5.41) is 17.2. The van der Waals surface area contributed by atoms with Crippen LogP contribution in [0.2, 0.25) is 0 Å². The minimum atomic E-state index is -0.939. The second-order valence-corrected chi connectivity index (χ2v) is 7.28. The highest BCUT2D eigenvalue weighted by atomic mass is 16.6. The molecule has 1 aromatic rings. The number of ether oxygens (including phenoxy) is 3. The highest BCUT2D eigenvalue weighted by Crippen LogP contribution is 2.42. The molecule has 1 atom stereocenters. The number of benzene rings is 1. The maximum Gasteiger partial charge on any atom is 0.338 e. The third-order valence-corrected chi connectivity index (χ3v) is 4.95. The largest absolute Gasteiger partial charge is 0.493 e. The predicted octanol–water partition coefficient (Wildman–Crippen LogP) is 4.14. The fourth-order valence-electron chi connectivity index (χ4n) is 3.50. The summed E-state index contributed by atoms with van der Waals surface area (Å²) in [5.74, 6) is -0.429. The van der Waals surface area contributed by atoms with Crippen LogP contribution in [0.1, 0.15) is 64.5 Å². The van der Waals surface area contributed by atoms with E-state index in [0.717, 1.165) is 19.3 Å². The average molecular weight is 450 g/mol. The number of carbonyl (C=O) groups excluding carboxylic acids is 2. The Hall–Kier alpha value is -3.30. The van der Waals surface area contributed by atoms with Gasteiger partial charge in [0.1, 0.15) is 0 Å². The normalized spacial score (nSPS) is 15.6. The lowest BCUT2D eigenvalue weighted by molar-refractivity contribution is -0.386. The van der Waals surface area contributed by atoms with Gasteiger partial charge >= 0.3 is 17.7 Å². The second-order valence-electron chi connectivity index (χ2n) is 7.28. The first-order valence-corrected chi connectivity index (χ1v) is 10.8. The first-order valence-electron chi connectivity index (χ1n) is 10.8. The van der Waals surface area contributed by atoms with Crippen molar-refractivity contribution >= 4 is 17.7 Å². The fourth-order valence-corrected chi connectivity index (χ4v) is 3.50. The van der Waals surface area contributed by atoms with E-state index in [1.165, 1.54) is 13.2 Å². The summed E-state index contributed by atoms with van der Waals surface area (Å²) in [5.41, 5.74) is 0.660. The topological polar surface area (TPSA) is 129 Å². The molecule has 10 heteroatoms. The molecule has 32 heavy (non-hydrogen) atoms. The van der Waals surface area contributed by atoms with Gasteiger partial charge in [0.2, 0.25) is 5.75 Å². The molecule has 0 aromatic heterocycles. The van der Waals surface area contributed by atoms with Crippen molar-refractivity contribution < 1.29 is 28.7 Å². The minimum absolute atomic E-state index is 0.0214. The number of allylic oxidation sites excluding steroid dienone is 1. The number of amides is 2. The monoisotopic (exact) mass is 449 g/mol. The van der Waals surface area contributed by atoms with Gasteiger partial charge in [-0.15, -0.1) is 0 Å². The standard InChI is InChI=1S/C22H31N3O7/c1-5-8-9-11-32-20-16(25(28)29)12-14(13-17(20)30-4)19-18(21(26)31-7-3)15(10-6-2)23-22(27)24-19/h12-13,19H,5-11H2,1-4H3,(H2,23,24,27). The van der Waals surface area contributed by atoms with E-state index >= 15 is 0 Å². The highest BCUT2D eigenvalue weighted by Gasteiger charge is 2.35. The Morgan fingerprint density at radius 1 is 1.19 bits per heavy atom. The number of esters is 1. The molecule has 1 aromatic carbocycles. The van der Waals surface area contributed by atoms with Crippen LogP contribution in [-0.2, 0) is 9.53 Å². The van der Waals surface area contributed by atoms with E-state index in [0.29, 0.717) is 30.7 Å². The Balaban J connectivity index is 2.58. The molecule has 1 aliphatic rings. The molecular weight excluding hydrogens is 418 g/mol. The van der Waals surface area contributed by atoms with E-state index in [-0.39, 0.29) is 29.4 Å². The Morgan fingerprint density at radius 2 is 1.94 bits per heavy atom. The Morgan fingerprint density at radius 3 is 2.53 bits per heavy atom. The van der Waals surface area contributed by atoms with Crippen LogP contribution in [0.4, 0.5) is 10.5 Å². The van der Waals surface area contributed by atoms with Crippen molar-refractivity contribution in [3.05, 3.63) is 39.1 Å². The minimum Gasteiger partial charge on any atom is -0.493 e. The van der Waals surface area contributed by atoms with Crippen molar-refractivity contribution in [3.8, 4) is 11.5 Å². The van der Waals surface area contributed by atoms with Crippen LogP contribution in [-0.4, -0.2) is 37.2 Å². The van der Waals surface area contributed by atoms with Crippen LogP contribution in [0.5, 0.6) is 11.5 Å². The van der Waals surface area contributed by atoms with Gasteiger partial charge in [-0.05, 0) is 31.4 Å². The van der Waals surface area contributed by atoms with Gasteiger partial charge in [0, 0.05) is 11.8 Å². The maximum atomic E-state index is 12.8. The van der Waals surface area contributed by atoms with Gasteiger partial charge in [-0.1, -0.05) is 33.1 Å². The van der Waals surface area contributed by atoms with E-state index in [1.54, 1.807) is 13.0 Å². The number of nitrogens with zero attached hydrogens (tertiary/aromatic N) is 1. The van der Waals surface area contributed by atoms with Gasteiger partial charge in [-0.25, -0.2) is 9.59 Å². The van der Waals surface area contributed by atoms with Crippen LogP contribution in [0.15, 0.2) is 23.4 Å². The lowest BCUT2D eigenvalue weighted by atomic mass is 9.93. The summed E-state index contributed by atoms with van der Waals surface area (Å²) >= 11 is 0. The molecule has 2 N–H and O–H groups in total. The van der Waals surface area contributed by atoms with Gasteiger partial charge in [0.15, 0.2) is 5.75 Å². The fraction of sp³-hybridized carbons (Fsp3) is 0.545. The Bertz CT molecular complexity index is 883. The lowest BCUT2D eigenvalue weighted by Gasteiger charge is -2.29. The number of rotatable bonds is 12. The van der Waals surface area contributed by atoms with E-state index in [4.69, 9.17) is 14.2 Å². The molecule has 0 radical (unpaired) electrons. The summed E-state index contributed by atoms with van der Waals surface area (Å²) in [4.78, 5) is 36.3. The van der Waals surface area contributed by atoms with Crippen molar-refractivity contribution in [2.45, 2.75) is 58.9 Å². The van der Waals surface area contributed by atoms with E-state index in [1.807, 2.05) is 13.8 Å². The van der Waals surface area contributed by atoms with Crippen LogP contribution < -0.4 is 20.1 Å². The average Bonchev–Trinajstić information content (AvgIpc) is 2.76. The van der Waals surface area contributed by atoms with Gasteiger partial charge in [0.05, 0.1) is 36.9 Å². The van der Waals surface area contributed by atoms with Crippen molar-refractivity contribution in [2.75, 3.05) is 20.3 Å². The van der Waals surface area contributed by atoms with E-state index < -0.39 is 23.0 Å². The third kappa shape index (κ3) is 5.89. The number of unbranched alkanes of at least 4 members (excludes halogenated alkanes) is 2. The van der Waals surface area contributed by atoms with Gasteiger partial charge in [0.25, 0.3) is 0 Å². The SMILES string of the molecule is CCCCCOc1c(OC)cc(C2NC(=O)NC(CCC)=C2C(=O)OCC)cc1[N+](=O)[O-]. The van der Waals surface area contributed by atoms with Crippen molar-refractivity contribution in [1.29, 1.82) is 0 Å². The maximum absolute atomic E-state index is 12.8. The molecule has 10 nitrogen and oxygen atoms in total. The molecule has 0 aliphatic carbocycles. The molecule has 0 saturated carbocycles. The molecule has 176 valence electrons. The summed E-state index contributed by atoms with van der Waals surface area (Å²) < 4.78 is 16.3. The lowest BCUT2D eigenvalue weighted by Crippen LogP contribution is -2.46. The van der Waals surface area contributed by atoms with Gasteiger partial charge in [-0.3, -0.25) is 10.1 Å². The smallest absolute Gasteiger partial charge is 0.338 e. The quantitative estimate of drug-likeness (QED) is 0.212. The number of carbonyl (C=O) groups is 2. The molecular formula is C22H31N3O7. The van der Waals surface area contributed by atoms with Crippen LogP contribution in [0, 0.1) is 10.1 Å². The summed E-state index contributed by atoms with van der Waals surface area (Å²) in [6.45, 7) is 6.10. The van der Waals surface area contributed by atoms with Gasteiger partial charge in [-0.2, -0.15) is 0 Å². The van der Waals surface area contributed by atoms with E-state index in [9.17, 15) is 19.7 Å². The summed E-state index contributed by atoms with van der Waals surface area (Å²) in [7, 11) is 1.38. The second kappa shape index (κ2) is 11.9. The molecule has 0 fully saturated rings. The van der Waals surface area contributed by atoms with Crippen molar-refractivity contribution in [2.24, 2.45) is 0 Å². The molecule has 0 spiro atoms. The van der Waals surface area contributed by atoms with Crippen molar-refractivity contribution in [3.63, 3.8) is 0 Å². The molecule has 1 aliphatic heterocycles. The zero-order valence-electron chi connectivity index (χ0n) is 19.0.